The van der Waals surface area contributed by atoms with Gasteiger partial charge in [-0.05, 0) is 6.42 Å². The molecule has 16 heavy (non-hydrogen) atoms. The zero-order valence-electron chi connectivity index (χ0n) is 10.1. The molecule has 0 radical (unpaired) electrons. The first kappa shape index (κ1) is 13.9. The Hall–Kier alpha value is -0.190. The van der Waals surface area contributed by atoms with Crippen LogP contribution in [-0.4, -0.2) is 33.0 Å². The third kappa shape index (κ3) is 5.77. The topological polar surface area (TPSA) is 27.7 Å². The molecule has 1 saturated heterocycles. The van der Waals surface area contributed by atoms with Crippen LogP contribution >= 0.6 is 0 Å². The van der Waals surface area contributed by atoms with E-state index in [1.54, 1.807) is 0 Å². The lowest BCUT2D eigenvalue weighted by Crippen LogP contribution is -2.32. The zero-order valence-corrected chi connectivity index (χ0v) is 10.1. The van der Waals surface area contributed by atoms with E-state index in [-0.39, 0.29) is 6.29 Å². The van der Waals surface area contributed by atoms with E-state index < -0.39 is 6.86 Å². The summed E-state index contributed by atoms with van der Waals surface area (Å²) in [4.78, 5) is 0. The molecule has 0 atom stereocenters. The molecule has 1 heterocycles. The molecule has 0 unspecified atom stereocenters. The van der Waals surface area contributed by atoms with Crippen LogP contribution < -0.4 is 0 Å². The molecule has 0 aromatic carbocycles. The first-order valence-electron chi connectivity index (χ1n) is 6.23. The van der Waals surface area contributed by atoms with Gasteiger partial charge in [0, 0.05) is 12.3 Å². The number of hydrogen-bond acceptors (Lipinski definition) is 3. The fourth-order valence-corrected chi connectivity index (χ4v) is 1.83. The van der Waals surface area contributed by atoms with Crippen molar-refractivity contribution in [1.29, 1.82) is 0 Å². The van der Waals surface area contributed by atoms with E-state index in [2.05, 4.69) is 11.7 Å². The summed E-state index contributed by atoms with van der Waals surface area (Å²) in [5.41, 5.74) is 0. The molecule has 0 aliphatic carbocycles. The van der Waals surface area contributed by atoms with Gasteiger partial charge in [-0.1, -0.05) is 26.2 Å². The average Bonchev–Trinajstić information content (AvgIpc) is 2.32. The zero-order chi connectivity index (χ0) is 11.6. The van der Waals surface area contributed by atoms with Gasteiger partial charge in [-0.2, -0.15) is 0 Å². The van der Waals surface area contributed by atoms with Gasteiger partial charge in [0.05, 0.1) is 19.8 Å². The first-order chi connectivity index (χ1) is 7.86. The van der Waals surface area contributed by atoms with Crippen LogP contribution in [0, 0.1) is 5.92 Å². The molecule has 1 aliphatic rings. The molecular formula is C12H23FO3. The van der Waals surface area contributed by atoms with Crippen LogP contribution in [0.1, 0.15) is 39.0 Å². The van der Waals surface area contributed by atoms with Crippen LogP contribution in [-0.2, 0) is 14.2 Å². The van der Waals surface area contributed by atoms with E-state index in [0.29, 0.717) is 18.9 Å². The highest BCUT2D eigenvalue weighted by Crippen LogP contribution is 2.18. The maximum Gasteiger partial charge on any atom is 0.188 e. The third-order valence-electron chi connectivity index (χ3n) is 2.83. The quantitative estimate of drug-likeness (QED) is 0.604. The first-order valence-corrected chi connectivity index (χ1v) is 6.23. The molecule has 1 fully saturated rings. The highest BCUT2D eigenvalue weighted by molar-refractivity contribution is 4.63. The SMILES string of the molecule is CCCCCC1COC(CCOCF)OC1. The van der Waals surface area contributed by atoms with E-state index >= 15 is 0 Å². The van der Waals surface area contributed by atoms with Crippen LogP contribution in [0.3, 0.4) is 0 Å². The molecule has 0 bridgehead atoms. The number of halogens is 1. The minimum atomic E-state index is -0.730. The van der Waals surface area contributed by atoms with Crippen molar-refractivity contribution in [3.05, 3.63) is 0 Å². The Labute approximate surface area is 97.3 Å². The Balaban J connectivity index is 2.00. The number of hydrogen-bond donors (Lipinski definition) is 0. The molecule has 4 heteroatoms. The summed E-state index contributed by atoms with van der Waals surface area (Å²) >= 11 is 0. The van der Waals surface area contributed by atoms with E-state index in [4.69, 9.17) is 9.47 Å². The van der Waals surface area contributed by atoms with Crippen molar-refractivity contribution in [3.63, 3.8) is 0 Å². The molecular weight excluding hydrogens is 211 g/mol. The Morgan fingerprint density at radius 2 is 1.94 bits per heavy atom. The van der Waals surface area contributed by atoms with Gasteiger partial charge < -0.3 is 14.2 Å². The Kier molecular flexibility index (Phi) is 7.72. The molecule has 1 aliphatic heterocycles. The van der Waals surface area contributed by atoms with Gasteiger partial charge in [0.25, 0.3) is 0 Å². The second-order valence-corrected chi connectivity index (χ2v) is 4.26. The Morgan fingerprint density at radius 3 is 2.56 bits per heavy atom. The van der Waals surface area contributed by atoms with Crippen LogP contribution in [0.4, 0.5) is 4.39 Å². The van der Waals surface area contributed by atoms with Crippen LogP contribution in [0.2, 0.25) is 0 Å². The highest BCUT2D eigenvalue weighted by atomic mass is 19.1. The molecule has 3 nitrogen and oxygen atoms in total. The maximum absolute atomic E-state index is 11.7. The molecule has 0 amide bonds. The number of alkyl halides is 1. The molecule has 0 saturated carbocycles. The normalized spacial score (nSPS) is 25.9. The van der Waals surface area contributed by atoms with Crippen molar-refractivity contribution in [3.8, 4) is 0 Å². The molecule has 0 N–H and O–H groups in total. The lowest BCUT2D eigenvalue weighted by molar-refractivity contribution is -0.208. The van der Waals surface area contributed by atoms with E-state index in [1.165, 1.54) is 25.7 Å². The van der Waals surface area contributed by atoms with E-state index in [1.807, 2.05) is 0 Å². The number of rotatable bonds is 8. The lowest BCUT2D eigenvalue weighted by Gasteiger charge is -2.29. The van der Waals surface area contributed by atoms with Gasteiger partial charge in [-0.15, -0.1) is 0 Å². The summed E-state index contributed by atoms with van der Waals surface area (Å²) in [5.74, 6) is 0.532. The smallest absolute Gasteiger partial charge is 0.188 e. The molecule has 96 valence electrons. The Morgan fingerprint density at radius 1 is 1.19 bits per heavy atom. The minimum absolute atomic E-state index is 0.200. The molecule has 0 aromatic heterocycles. The predicted octanol–water partition coefficient (Wildman–Crippen LogP) is 2.89. The van der Waals surface area contributed by atoms with Crippen LogP contribution in [0.15, 0.2) is 0 Å². The van der Waals surface area contributed by atoms with Crippen molar-refractivity contribution < 1.29 is 18.6 Å². The summed E-state index contributed by atoms with van der Waals surface area (Å²) in [6.07, 6.45) is 5.38. The van der Waals surface area contributed by atoms with E-state index in [0.717, 1.165) is 13.2 Å². The van der Waals surface area contributed by atoms with Crippen molar-refractivity contribution in [2.75, 3.05) is 26.7 Å². The van der Waals surface area contributed by atoms with Gasteiger partial charge in [0.15, 0.2) is 13.2 Å². The van der Waals surface area contributed by atoms with Crippen molar-refractivity contribution in [1.82, 2.24) is 0 Å². The second kappa shape index (κ2) is 8.90. The fourth-order valence-electron chi connectivity index (χ4n) is 1.83. The fraction of sp³-hybridized carbons (Fsp3) is 1.00. The summed E-state index contributed by atoms with van der Waals surface area (Å²) in [7, 11) is 0. The van der Waals surface area contributed by atoms with Gasteiger partial charge in [0.2, 0.25) is 0 Å². The summed E-state index contributed by atoms with van der Waals surface area (Å²) in [6.45, 7) is 3.37. The van der Waals surface area contributed by atoms with Gasteiger partial charge in [-0.25, -0.2) is 4.39 Å². The average molecular weight is 234 g/mol. The van der Waals surface area contributed by atoms with Gasteiger partial charge in [-0.3, -0.25) is 0 Å². The Bertz CT molecular complexity index is 140. The van der Waals surface area contributed by atoms with Crippen LogP contribution in [0.5, 0.6) is 0 Å². The monoisotopic (exact) mass is 234 g/mol. The van der Waals surface area contributed by atoms with Crippen molar-refractivity contribution >= 4 is 0 Å². The second-order valence-electron chi connectivity index (χ2n) is 4.26. The number of ether oxygens (including phenoxy) is 3. The molecule has 0 spiro atoms. The van der Waals surface area contributed by atoms with Gasteiger partial charge >= 0.3 is 0 Å². The maximum atomic E-state index is 11.7. The molecule has 1 rings (SSSR count). The molecule has 0 aromatic rings. The van der Waals surface area contributed by atoms with Crippen LogP contribution in [0.25, 0.3) is 0 Å². The van der Waals surface area contributed by atoms with Gasteiger partial charge in [0.1, 0.15) is 0 Å². The predicted molar refractivity (Wildman–Crippen MR) is 59.9 cm³/mol. The summed E-state index contributed by atoms with van der Waals surface area (Å²) < 4.78 is 27.4. The number of unbranched alkanes of at least 4 members (excludes halogenated alkanes) is 2. The third-order valence-corrected chi connectivity index (χ3v) is 2.83. The van der Waals surface area contributed by atoms with E-state index in [9.17, 15) is 4.39 Å². The minimum Gasteiger partial charge on any atom is -0.352 e. The highest BCUT2D eigenvalue weighted by Gasteiger charge is 2.21. The van der Waals surface area contributed by atoms with Crippen molar-refractivity contribution in [2.24, 2.45) is 5.92 Å². The lowest BCUT2D eigenvalue weighted by atomic mass is 10.0. The largest absolute Gasteiger partial charge is 0.352 e. The summed E-state index contributed by atoms with van der Waals surface area (Å²) in [5, 5.41) is 0. The summed E-state index contributed by atoms with van der Waals surface area (Å²) in [6, 6.07) is 0. The standard InChI is InChI=1S/C12H23FO3/c1-2-3-4-5-11-8-15-12(16-9-11)6-7-14-10-13/h11-12H,2-10H2,1H3. The van der Waals surface area contributed by atoms with Crippen molar-refractivity contribution in [2.45, 2.75) is 45.3 Å².